The Bertz CT molecular complexity index is 524. The highest BCUT2D eigenvalue weighted by Gasteiger charge is 2.20. The molecule has 0 aromatic heterocycles. The maximum atomic E-state index is 11.4. The first-order valence-electron chi connectivity index (χ1n) is 6.51. The maximum Gasteiger partial charge on any atom is 0.175 e. The smallest absolute Gasteiger partial charge is 0.175 e. The highest BCUT2D eigenvalue weighted by molar-refractivity contribution is 7.90. The fourth-order valence-corrected chi connectivity index (χ4v) is 2.52. The lowest BCUT2D eigenvalue weighted by Gasteiger charge is -2.26. The third-order valence-corrected chi connectivity index (χ3v) is 4.63. The molecule has 0 bridgehead atoms. The fourth-order valence-electron chi connectivity index (χ4n) is 1.89. The Kier molecular flexibility index (Phi) is 5.70. The summed E-state index contributed by atoms with van der Waals surface area (Å²) < 4.78 is 28.2. The number of hydrogen-bond donors (Lipinski definition) is 2. The van der Waals surface area contributed by atoms with Gasteiger partial charge in [-0.3, -0.25) is 11.3 Å². The van der Waals surface area contributed by atoms with E-state index in [1.165, 1.54) is 6.26 Å². The van der Waals surface area contributed by atoms with E-state index in [9.17, 15) is 8.42 Å². The summed E-state index contributed by atoms with van der Waals surface area (Å²) >= 11 is 0. The molecule has 0 aliphatic carbocycles. The molecule has 0 radical (unpaired) electrons. The van der Waals surface area contributed by atoms with E-state index >= 15 is 0 Å². The van der Waals surface area contributed by atoms with Crippen LogP contribution >= 0.6 is 0 Å². The van der Waals surface area contributed by atoms with Crippen LogP contribution in [0.1, 0.15) is 38.3 Å². The number of hydrazine groups is 1. The lowest BCUT2D eigenvalue weighted by Crippen LogP contribution is -2.31. The predicted octanol–water partition coefficient (Wildman–Crippen LogP) is 1.80. The van der Waals surface area contributed by atoms with Crippen molar-refractivity contribution < 1.29 is 13.2 Å². The van der Waals surface area contributed by atoms with Crippen LogP contribution in [0.25, 0.3) is 0 Å². The topological polar surface area (TPSA) is 81.4 Å². The van der Waals surface area contributed by atoms with Gasteiger partial charge < -0.3 is 4.74 Å². The SMILES string of the molecule is COC(C)(C)CCC(NN)c1ccc(S(C)(=O)=O)cc1. The molecule has 0 aliphatic rings. The van der Waals surface area contributed by atoms with Gasteiger partial charge in [0.1, 0.15) is 0 Å². The Labute approximate surface area is 121 Å². The quantitative estimate of drug-likeness (QED) is 0.593. The van der Waals surface area contributed by atoms with Gasteiger partial charge in [0.15, 0.2) is 9.84 Å². The first-order chi connectivity index (χ1) is 9.19. The third-order valence-electron chi connectivity index (χ3n) is 3.50. The van der Waals surface area contributed by atoms with E-state index in [1.807, 2.05) is 13.8 Å². The summed E-state index contributed by atoms with van der Waals surface area (Å²) in [5.74, 6) is 5.59. The number of ether oxygens (including phenoxy) is 1. The van der Waals surface area contributed by atoms with Gasteiger partial charge in [-0.2, -0.15) is 0 Å². The van der Waals surface area contributed by atoms with Gasteiger partial charge in [-0.05, 0) is 44.4 Å². The molecule has 0 spiro atoms. The normalized spacial score (nSPS) is 14.2. The van der Waals surface area contributed by atoms with Crippen LogP contribution in [-0.4, -0.2) is 27.4 Å². The molecule has 3 N–H and O–H groups in total. The molecule has 0 saturated heterocycles. The summed E-state index contributed by atoms with van der Waals surface area (Å²) in [7, 11) is -1.48. The number of hydrogen-bond acceptors (Lipinski definition) is 5. The van der Waals surface area contributed by atoms with E-state index in [-0.39, 0.29) is 11.6 Å². The highest BCUT2D eigenvalue weighted by Crippen LogP contribution is 2.24. The molecule has 0 saturated carbocycles. The van der Waals surface area contributed by atoms with Crippen molar-refractivity contribution in [2.24, 2.45) is 5.84 Å². The molecular weight excluding hydrogens is 276 g/mol. The highest BCUT2D eigenvalue weighted by atomic mass is 32.2. The van der Waals surface area contributed by atoms with Crippen molar-refractivity contribution in [1.29, 1.82) is 0 Å². The van der Waals surface area contributed by atoms with Crippen molar-refractivity contribution in [2.45, 2.75) is 43.2 Å². The van der Waals surface area contributed by atoms with Gasteiger partial charge in [0.05, 0.1) is 10.5 Å². The molecule has 20 heavy (non-hydrogen) atoms. The van der Waals surface area contributed by atoms with E-state index < -0.39 is 9.84 Å². The van der Waals surface area contributed by atoms with Crippen LogP contribution < -0.4 is 11.3 Å². The molecule has 1 unspecified atom stereocenters. The van der Waals surface area contributed by atoms with Gasteiger partial charge >= 0.3 is 0 Å². The minimum atomic E-state index is -3.16. The number of nitrogens with two attached hydrogens (primary N) is 1. The predicted molar refractivity (Wildman–Crippen MR) is 79.9 cm³/mol. The molecule has 0 fully saturated rings. The minimum Gasteiger partial charge on any atom is -0.379 e. The van der Waals surface area contributed by atoms with Crippen molar-refractivity contribution in [1.82, 2.24) is 5.43 Å². The van der Waals surface area contributed by atoms with E-state index in [0.717, 1.165) is 18.4 Å². The standard InChI is InChI=1S/C14H24N2O3S/c1-14(2,19-3)10-9-13(16-15)11-5-7-12(8-6-11)20(4,17)18/h5-8,13,16H,9-10,15H2,1-4H3. The second-order valence-electron chi connectivity index (χ2n) is 5.56. The number of sulfone groups is 1. The summed E-state index contributed by atoms with van der Waals surface area (Å²) in [5, 5.41) is 0. The zero-order valence-corrected chi connectivity index (χ0v) is 13.3. The lowest BCUT2D eigenvalue weighted by molar-refractivity contribution is 0.0117. The summed E-state index contributed by atoms with van der Waals surface area (Å²) in [6, 6.07) is 6.77. The van der Waals surface area contributed by atoms with Crippen LogP contribution in [0.5, 0.6) is 0 Å². The van der Waals surface area contributed by atoms with E-state index in [0.29, 0.717) is 4.90 Å². The minimum absolute atomic E-state index is 0.0296. The number of methoxy groups -OCH3 is 1. The van der Waals surface area contributed by atoms with Crippen molar-refractivity contribution in [3.05, 3.63) is 29.8 Å². The van der Waals surface area contributed by atoms with Crippen LogP contribution in [-0.2, 0) is 14.6 Å². The first-order valence-corrected chi connectivity index (χ1v) is 8.40. The molecule has 1 aromatic carbocycles. The Morgan fingerprint density at radius 3 is 2.25 bits per heavy atom. The molecule has 1 rings (SSSR count). The molecule has 0 amide bonds. The van der Waals surface area contributed by atoms with Gasteiger partial charge in [0, 0.05) is 19.4 Å². The zero-order valence-electron chi connectivity index (χ0n) is 12.5. The molecule has 6 heteroatoms. The largest absolute Gasteiger partial charge is 0.379 e. The van der Waals surface area contributed by atoms with Crippen LogP contribution in [0.2, 0.25) is 0 Å². The summed E-state index contributed by atoms with van der Waals surface area (Å²) in [6.45, 7) is 4.04. The van der Waals surface area contributed by atoms with Crippen LogP contribution in [0.3, 0.4) is 0 Å². The number of nitrogens with one attached hydrogen (secondary N) is 1. The van der Waals surface area contributed by atoms with Gasteiger partial charge in [0.25, 0.3) is 0 Å². The van der Waals surface area contributed by atoms with Crippen molar-refractivity contribution in [3.8, 4) is 0 Å². The fraction of sp³-hybridized carbons (Fsp3) is 0.571. The summed E-state index contributed by atoms with van der Waals surface area (Å²) in [6.07, 6.45) is 2.84. The van der Waals surface area contributed by atoms with Crippen LogP contribution in [0.15, 0.2) is 29.2 Å². The average Bonchev–Trinajstić information content (AvgIpc) is 2.39. The molecule has 5 nitrogen and oxygen atoms in total. The number of rotatable bonds is 7. The van der Waals surface area contributed by atoms with Gasteiger partial charge in [-0.25, -0.2) is 8.42 Å². The molecule has 114 valence electrons. The summed E-state index contributed by atoms with van der Waals surface area (Å²) in [5.41, 5.74) is 3.53. The van der Waals surface area contributed by atoms with Crippen molar-refractivity contribution in [2.75, 3.05) is 13.4 Å². The lowest BCUT2D eigenvalue weighted by atomic mass is 9.95. The Morgan fingerprint density at radius 2 is 1.85 bits per heavy atom. The molecule has 1 atom stereocenters. The first kappa shape index (κ1) is 17.1. The molecule has 1 aromatic rings. The number of benzene rings is 1. The molecular formula is C14H24N2O3S. The second-order valence-corrected chi connectivity index (χ2v) is 7.58. The summed E-state index contributed by atoms with van der Waals surface area (Å²) in [4.78, 5) is 0.314. The van der Waals surface area contributed by atoms with Gasteiger partial charge in [-0.1, -0.05) is 12.1 Å². The van der Waals surface area contributed by atoms with Crippen LogP contribution in [0, 0.1) is 0 Å². The van der Waals surface area contributed by atoms with Gasteiger partial charge in [-0.15, -0.1) is 0 Å². The van der Waals surface area contributed by atoms with Crippen LogP contribution in [0.4, 0.5) is 0 Å². The van der Waals surface area contributed by atoms with E-state index in [1.54, 1.807) is 31.4 Å². The Hall–Kier alpha value is -0.950. The zero-order chi connectivity index (χ0) is 15.4. The second kappa shape index (κ2) is 6.67. The molecule has 0 heterocycles. The maximum absolute atomic E-state index is 11.4. The Balaban J connectivity index is 2.81. The third kappa shape index (κ3) is 4.86. The van der Waals surface area contributed by atoms with E-state index in [2.05, 4.69) is 5.43 Å². The monoisotopic (exact) mass is 300 g/mol. The van der Waals surface area contributed by atoms with Crippen molar-refractivity contribution in [3.63, 3.8) is 0 Å². The average molecular weight is 300 g/mol. The molecule has 0 aliphatic heterocycles. The van der Waals surface area contributed by atoms with Crippen molar-refractivity contribution >= 4 is 9.84 Å². The Morgan fingerprint density at radius 1 is 1.30 bits per heavy atom. The van der Waals surface area contributed by atoms with Gasteiger partial charge in [0.2, 0.25) is 0 Å². The van der Waals surface area contributed by atoms with E-state index in [4.69, 9.17) is 10.6 Å².